The number of esters is 2. The lowest BCUT2D eigenvalue weighted by Crippen LogP contribution is -2.63. The maximum absolute atomic E-state index is 14.4. The van der Waals surface area contributed by atoms with Gasteiger partial charge < -0.3 is 38.5 Å². The monoisotopic (exact) mass is 802 g/mol. The Hall–Kier alpha value is -5.59. The number of rotatable bonds is 18. The summed E-state index contributed by atoms with van der Waals surface area (Å²) >= 11 is 0. The molecule has 5 rings (SSSR count). The number of methoxy groups -OCH3 is 1. The van der Waals surface area contributed by atoms with Crippen LogP contribution in [0.4, 0.5) is 4.79 Å². The molecule has 4 aliphatic carbocycles. The SMILES string of the molecule is COc1cc(C(=O)OCCCCO[N+](=O)[O-])ccc1OC(=O)OCC(=O)[C@@]1(OC(=O)CCCO[N+](=O)[O-])CCC2C3CCC4=CC(=O)C=C[C@]4(C)[C@H]3[C@@H](O)C[C@@]21C. The fourth-order valence-electron chi connectivity index (χ4n) is 9.43. The standard InChI is InChI=1S/C38H46N2O17/c1-36-14-12-25(41)20-24(36)9-10-26-27-13-15-38(37(27,2)21-28(42)33(26)36,57-32(44)7-6-18-55-40(49)50)31(43)22-53-35(46)56-29-11-8-23(19-30(29)51-3)34(45)52-16-4-5-17-54-39(47)48/h8,11-12,14,19-20,26-28,33,42H,4-7,9-10,13,15-18,21-22H2,1-3H3/t26?,27?,28-,33+,36-,37-,38-/m0/s1. The van der Waals surface area contributed by atoms with Crippen LogP contribution in [0, 0.1) is 48.8 Å². The Morgan fingerprint density at radius 1 is 0.947 bits per heavy atom. The van der Waals surface area contributed by atoms with E-state index in [9.17, 15) is 49.3 Å². The molecule has 0 heterocycles. The molecule has 0 saturated heterocycles. The fourth-order valence-corrected chi connectivity index (χ4v) is 9.43. The van der Waals surface area contributed by atoms with Crippen LogP contribution in [-0.4, -0.2) is 90.2 Å². The summed E-state index contributed by atoms with van der Waals surface area (Å²) in [7, 11) is 1.26. The first-order chi connectivity index (χ1) is 27.0. The third-order valence-electron chi connectivity index (χ3n) is 12.0. The molecular weight excluding hydrogens is 756 g/mol. The van der Waals surface area contributed by atoms with Crippen LogP contribution < -0.4 is 9.47 Å². The van der Waals surface area contributed by atoms with E-state index in [4.69, 9.17) is 23.7 Å². The van der Waals surface area contributed by atoms with Crippen molar-refractivity contribution in [1.82, 2.24) is 0 Å². The second kappa shape index (κ2) is 17.7. The number of unbranched alkanes of at least 4 members (excludes halogenated alkanes) is 1. The molecule has 0 aromatic heterocycles. The van der Waals surface area contributed by atoms with Gasteiger partial charge in [0.2, 0.25) is 5.78 Å². The fraction of sp³-hybridized carbons (Fsp3) is 0.605. The van der Waals surface area contributed by atoms with Gasteiger partial charge in [0.25, 0.3) is 10.2 Å². The summed E-state index contributed by atoms with van der Waals surface area (Å²) in [5.41, 5.74) is -2.57. The molecule has 3 fully saturated rings. The van der Waals surface area contributed by atoms with Gasteiger partial charge in [-0.15, -0.1) is 20.2 Å². The van der Waals surface area contributed by atoms with Crippen LogP contribution in [0.3, 0.4) is 0 Å². The summed E-state index contributed by atoms with van der Waals surface area (Å²) in [5.74, 6) is -3.23. The van der Waals surface area contributed by atoms with E-state index in [0.717, 1.165) is 5.57 Å². The minimum Gasteiger partial charge on any atom is -0.493 e. The first-order valence-electron chi connectivity index (χ1n) is 18.7. The molecule has 310 valence electrons. The van der Waals surface area contributed by atoms with Crippen LogP contribution in [0.1, 0.15) is 82.0 Å². The number of benzene rings is 1. The van der Waals surface area contributed by atoms with E-state index < -0.39 is 63.2 Å². The quantitative estimate of drug-likeness (QED) is 0.0536. The maximum Gasteiger partial charge on any atom is 0.514 e. The summed E-state index contributed by atoms with van der Waals surface area (Å²) in [6, 6.07) is 3.80. The van der Waals surface area contributed by atoms with Crippen LogP contribution >= 0.6 is 0 Å². The topological polar surface area (TPSA) is 256 Å². The molecule has 1 aromatic carbocycles. The van der Waals surface area contributed by atoms with Gasteiger partial charge in [0, 0.05) is 23.2 Å². The van der Waals surface area contributed by atoms with Gasteiger partial charge in [0.05, 0.1) is 38.6 Å². The molecule has 19 nitrogen and oxygen atoms in total. The molecule has 0 bridgehead atoms. The van der Waals surface area contributed by atoms with Crippen molar-refractivity contribution in [3.63, 3.8) is 0 Å². The lowest BCUT2D eigenvalue weighted by molar-refractivity contribution is -0.757. The third-order valence-corrected chi connectivity index (χ3v) is 12.0. The van der Waals surface area contributed by atoms with Crippen LogP contribution in [0.2, 0.25) is 0 Å². The molecule has 57 heavy (non-hydrogen) atoms. The highest BCUT2D eigenvalue weighted by Gasteiger charge is 2.70. The molecule has 0 spiro atoms. The Morgan fingerprint density at radius 3 is 2.35 bits per heavy atom. The van der Waals surface area contributed by atoms with Gasteiger partial charge >= 0.3 is 18.1 Å². The number of fused-ring (bicyclic) bond motifs is 5. The van der Waals surface area contributed by atoms with Crippen molar-refractivity contribution in [2.24, 2.45) is 28.6 Å². The largest absolute Gasteiger partial charge is 0.514 e. The van der Waals surface area contributed by atoms with E-state index in [0.29, 0.717) is 25.7 Å². The average molecular weight is 803 g/mol. The third kappa shape index (κ3) is 9.03. The normalized spacial score (nSPS) is 28.4. The Balaban J connectivity index is 1.29. The van der Waals surface area contributed by atoms with E-state index in [1.165, 1.54) is 31.4 Å². The highest BCUT2D eigenvalue weighted by Crippen LogP contribution is 2.68. The minimum atomic E-state index is -1.85. The zero-order chi connectivity index (χ0) is 41.5. The molecule has 0 amide bonds. The Labute approximate surface area is 326 Å². The van der Waals surface area contributed by atoms with Gasteiger partial charge in [0.1, 0.15) is 0 Å². The van der Waals surface area contributed by atoms with Crippen molar-refractivity contribution in [3.8, 4) is 11.5 Å². The number of carbonyl (C=O) groups is 5. The first kappa shape index (κ1) is 42.6. The number of hydrogen-bond donors (Lipinski definition) is 1. The first-order valence-corrected chi connectivity index (χ1v) is 18.7. The van der Waals surface area contributed by atoms with E-state index in [-0.39, 0.29) is 92.5 Å². The van der Waals surface area contributed by atoms with Gasteiger partial charge in [-0.1, -0.05) is 25.5 Å². The van der Waals surface area contributed by atoms with Crippen molar-refractivity contribution in [2.75, 3.05) is 33.5 Å². The highest BCUT2D eigenvalue weighted by atomic mass is 17.0. The van der Waals surface area contributed by atoms with E-state index in [2.05, 4.69) is 9.68 Å². The number of allylic oxidation sites excluding steroid dienone is 4. The smallest absolute Gasteiger partial charge is 0.493 e. The Bertz CT molecular complexity index is 1830. The molecule has 3 saturated carbocycles. The number of ether oxygens (including phenoxy) is 5. The van der Waals surface area contributed by atoms with Crippen LogP contribution in [-0.2, 0) is 38.3 Å². The number of ketones is 2. The summed E-state index contributed by atoms with van der Waals surface area (Å²) in [5, 5.41) is 30.8. The summed E-state index contributed by atoms with van der Waals surface area (Å²) in [4.78, 5) is 94.8. The average Bonchev–Trinajstić information content (AvgIpc) is 3.45. The van der Waals surface area contributed by atoms with E-state index >= 15 is 0 Å². The van der Waals surface area contributed by atoms with E-state index in [1.54, 1.807) is 13.0 Å². The number of hydrogen-bond acceptors (Lipinski definition) is 17. The summed E-state index contributed by atoms with van der Waals surface area (Å²) in [6.07, 6.45) is 4.72. The number of Topliss-reactive ketones (excluding diaryl/α,β-unsaturated/α-hetero) is 1. The molecule has 0 aliphatic heterocycles. The van der Waals surface area contributed by atoms with E-state index in [1.807, 2.05) is 13.0 Å². The molecular formula is C38H46N2O17. The molecule has 1 N–H and O–H groups in total. The Kier molecular flexibility index (Phi) is 13.2. The van der Waals surface area contributed by atoms with Gasteiger partial charge in [-0.3, -0.25) is 14.4 Å². The van der Waals surface area contributed by atoms with Gasteiger partial charge in [-0.2, -0.15) is 0 Å². The van der Waals surface area contributed by atoms with Crippen LogP contribution in [0.25, 0.3) is 0 Å². The second-order valence-electron chi connectivity index (χ2n) is 15.0. The maximum atomic E-state index is 14.4. The Morgan fingerprint density at radius 2 is 1.65 bits per heavy atom. The van der Waals surface area contributed by atoms with Gasteiger partial charge in [-0.05, 0) is 93.6 Å². The van der Waals surface area contributed by atoms with Crippen molar-refractivity contribution in [3.05, 3.63) is 67.8 Å². The van der Waals surface area contributed by atoms with Crippen molar-refractivity contribution in [1.29, 1.82) is 0 Å². The zero-order valence-electron chi connectivity index (χ0n) is 31.8. The minimum absolute atomic E-state index is 0.0369. The lowest BCUT2D eigenvalue weighted by Gasteiger charge is -2.59. The molecule has 19 heteroatoms. The summed E-state index contributed by atoms with van der Waals surface area (Å²) in [6.45, 7) is 2.36. The molecule has 2 unspecified atom stereocenters. The molecule has 0 radical (unpaired) electrons. The molecule has 4 aliphatic rings. The van der Waals surface area contributed by atoms with Crippen molar-refractivity contribution >= 4 is 29.7 Å². The lowest BCUT2D eigenvalue weighted by atomic mass is 9.46. The predicted octanol–water partition coefficient (Wildman–Crippen LogP) is 4.47. The summed E-state index contributed by atoms with van der Waals surface area (Å²) < 4.78 is 27.1. The van der Waals surface area contributed by atoms with Crippen molar-refractivity contribution < 1.29 is 72.6 Å². The highest BCUT2D eigenvalue weighted by molar-refractivity contribution is 6.01. The predicted molar refractivity (Wildman–Crippen MR) is 191 cm³/mol. The number of nitrogens with zero attached hydrogens (tertiary/aromatic N) is 2. The number of aliphatic hydroxyl groups is 1. The number of aliphatic hydroxyl groups excluding tert-OH is 1. The van der Waals surface area contributed by atoms with Gasteiger partial charge in [0.15, 0.2) is 29.5 Å². The molecule has 7 atom stereocenters. The van der Waals surface area contributed by atoms with Crippen LogP contribution in [0.5, 0.6) is 11.5 Å². The second-order valence-corrected chi connectivity index (χ2v) is 15.0. The van der Waals surface area contributed by atoms with Crippen molar-refractivity contribution in [2.45, 2.75) is 83.3 Å². The van der Waals surface area contributed by atoms with Crippen LogP contribution in [0.15, 0.2) is 42.0 Å². The van der Waals surface area contributed by atoms with Gasteiger partial charge in [-0.25, -0.2) is 9.59 Å². The number of carbonyl (C=O) groups excluding carboxylic acids is 5. The molecule has 1 aromatic rings. The zero-order valence-corrected chi connectivity index (χ0v) is 31.8.